The molecule has 6 heteroatoms. The zero-order valence-corrected chi connectivity index (χ0v) is 49.9. The van der Waals surface area contributed by atoms with Crippen molar-refractivity contribution in [1.82, 2.24) is 0 Å². The molecular weight excluding hydrogens is 949 g/mol. The lowest BCUT2D eigenvalue weighted by Gasteiger charge is -2.18. The average molecular weight is 1070 g/mol. The van der Waals surface area contributed by atoms with Gasteiger partial charge in [0.1, 0.15) is 13.2 Å². The number of unbranched alkanes of at least 4 members (excludes halogenated alkanes) is 23. The van der Waals surface area contributed by atoms with Crippen LogP contribution in [-0.4, -0.2) is 37.2 Å². The van der Waals surface area contributed by atoms with Gasteiger partial charge in [0, 0.05) is 19.3 Å². The fourth-order valence-corrected chi connectivity index (χ4v) is 8.43. The molecule has 436 valence electrons. The standard InChI is InChI=1S/C71H116O6/c1-4-7-10-13-16-19-22-25-28-31-32-33-34-35-36-37-38-41-43-46-49-52-55-58-61-64-70(73)76-67-68(77-71(74)65-62-59-56-53-50-47-44-40-30-27-24-21-18-15-12-9-6-3)66-75-69(72)63-60-57-54-51-48-45-42-39-29-26-23-20-17-14-11-8-5-2/h7,9-10,12,16,18-19,21,25-30,32-33,35-36,38,41,46,49,68H,4-6,8,11,13-15,17,20,22-24,31,34,37,39-40,42-45,47-48,50-67H2,1-3H3/b10-7-,12-9-,19-16-,21-18-,28-25-,29-26-,30-27-,33-32-,36-35-,41-38-,49-46-. The van der Waals surface area contributed by atoms with E-state index in [1.54, 1.807) is 0 Å². The highest BCUT2D eigenvalue weighted by Gasteiger charge is 2.19. The first-order valence-corrected chi connectivity index (χ1v) is 31.7. The molecule has 0 aliphatic rings. The van der Waals surface area contributed by atoms with E-state index in [9.17, 15) is 14.4 Å². The molecule has 0 amide bonds. The maximum atomic E-state index is 12.9. The fraction of sp³-hybridized carbons (Fsp3) is 0.648. The predicted octanol–water partition coefficient (Wildman–Crippen LogP) is 21.8. The van der Waals surface area contributed by atoms with Gasteiger partial charge in [0.2, 0.25) is 0 Å². The van der Waals surface area contributed by atoms with Crippen LogP contribution in [0.25, 0.3) is 0 Å². The second-order valence-electron chi connectivity index (χ2n) is 20.5. The summed E-state index contributed by atoms with van der Waals surface area (Å²) in [4.78, 5) is 38.3. The van der Waals surface area contributed by atoms with Gasteiger partial charge in [0.25, 0.3) is 0 Å². The molecule has 0 heterocycles. The van der Waals surface area contributed by atoms with Crippen molar-refractivity contribution in [2.75, 3.05) is 13.2 Å². The van der Waals surface area contributed by atoms with Crippen LogP contribution in [0.15, 0.2) is 134 Å². The maximum absolute atomic E-state index is 12.9. The van der Waals surface area contributed by atoms with E-state index in [4.69, 9.17) is 14.2 Å². The van der Waals surface area contributed by atoms with E-state index in [1.165, 1.54) is 103 Å². The lowest BCUT2D eigenvalue weighted by molar-refractivity contribution is -0.167. The summed E-state index contributed by atoms with van der Waals surface area (Å²) in [5.74, 6) is -0.945. The van der Waals surface area contributed by atoms with Gasteiger partial charge in [0.05, 0.1) is 0 Å². The molecular formula is C71H116O6. The SMILES string of the molecule is CC/C=C\C/C=C\C/C=C\C/C=C\C/C=C\C/C=C\C/C=C\CCCCCC(=O)OCC(COC(=O)CCCCCCCCC/C=C\CCCCCCCC)OC(=O)CCCCCCCCC/C=C\C/C=C\C/C=C\CC. The summed E-state index contributed by atoms with van der Waals surface area (Å²) in [6, 6.07) is 0. The average Bonchev–Trinajstić information content (AvgIpc) is 3.43. The summed E-state index contributed by atoms with van der Waals surface area (Å²) >= 11 is 0. The summed E-state index contributed by atoms with van der Waals surface area (Å²) in [6.45, 7) is 6.38. The molecule has 0 bridgehead atoms. The lowest BCUT2D eigenvalue weighted by Crippen LogP contribution is -2.30. The third kappa shape index (κ3) is 62.3. The predicted molar refractivity (Wildman–Crippen MR) is 334 cm³/mol. The molecule has 0 aromatic heterocycles. The minimum atomic E-state index is -0.805. The van der Waals surface area contributed by atoms with E-state index in [0.717, 1.165) is 135 Å². The number of esters is 3. The Morgan fingerprint density at radius 2 is 0.506 bits per heavy atom. The monoisotopic (exact) mass is 1060 g/mol. The Kier molecular flexibility index (Phi) is 60.4. The molecule has 0 aromatic rings. The van der Waals surface area contributed by atoms with E-state index in [2.05, 4.69) is 154 Å². The van der Waals surface area contributed by atoms with Crippen LogP contribution in [0.5, 0.6) is 0 Å². The van der Waals surface area contributed by atoms with E-state index in [0.29, 0.717) is 19.3 Å². The first kappa shape index (κ1) is 72.5. The van der Waals surface area contributed by atoms with Crippen LogP contribution in [0.1, 0.15) is 278 Å². The first-order chi connectivity index (χ1) is 38.0. The number of hydrogen-bond donors (Lipinski definition) is 0. The quantitative estimate of drug-likeness (QED) is 0.0261. The first-order valence-electron chi connectivity index (χ1n) is 31.7. The van der Waals surface area contributed by atoms with Crippen molar-refractivity contribution in [3.05, 3.63) is 134 Å². The largest absolute Gasteiger partial charge is 0.462 e. The zero-order valence-electron chi connectivity index (χ0n) is 49.9. The van der Waals surface area contributed by atoms with Gasteiger partial charge in [-0.3, -0.25) is 14.4 Å². The number of hydrogen-bond acceptors (Lipinski definition) is 6. The number of carbonyl (C=O) groups is 3. The highest BCUT2D eigenvalue weighted by molar-refractivity contribution is 5.71. The topological polar surface area (TPSA) is 78.9 Å². The summed E-state index contributed by atoms with van der Waals surface area (Å²) in [5.41, 5.74) is 0. The van der Waals surface area contributed by atoms with Crippen LogP contribution in [0, 0.1) is 0 Å². The van der Waals surface area contributed by atoms with Crippen molar-refractivity contribution in [2.24, 2.45) is 0 Å². The molecule has 0 aromatic carbocycles. The van der Waals surface area contributed by atoms with Crippen molar-refractivity contribution in [2.45, 2.75) is 284 Å². The molecule has 77 heavy (non-hydrogen) atoms. The third-order valence-corrected chi connectivity index (χ3v) is 13.1. The number of carbonyl (C=O) groups excluding carboxylic acids is 3. The van der Waals surface area contributed by atoms with Gasteiger partial charge in [0.15, 0.2) is 6.10 Å². The molecule has 1 unspecified atom stereocenters. The minimum absolute atomic E-state index is 0.0985. The van der Waals surface area contributed by atoms with Crippen LogP contribution in [0.3, 0.4) is 0 Å². The molecule has 0 spiro atoms. The normalized spacial score (nSPS) is 13.0. The van der Waals surface area contributed by atoms with Gasteiger partial charge >= 0.3 is 17.9 Å². The van der Waals surface area contributed by atoms with E-state index >= 15 is 0 Å². The van der Waals surface area contributed by atoms with Crippen LogP contribution >= 0.6 is 0 Å². The maximum Gasteiger partial charge on any atom is 0.306 e. The van der Waals surface area contributed by atoms with Crippen molar-refractivity contribution < 1.29 is 28.6 Å². The molecule has 0 fully saturated rings. The number of allylic oxidation sites excluding steroid dienone is 22. The second kappa shape index (κ2) is 64.1. The van der Waals surface area contributed by atoms with Gasteiger partial charge in [-0.1, -0.05) is 257 Å². The van der Waals surface area contributed by atoms with Crippen molar-refractivity contribution in [3.8, 4) is 0 Å². The molecule has 0 saturated heterocycles. The van der Waals surface area contributed by atoms with Crippen molar-refractivity contribution in [1.29, 1.82) is 0 Å². The van der Waals surface area contributed by atoms with E-state index < -0.39 is 6.10 Å². The van der Waals surface area contributed by atoms with Crippen molar-refractivity contribution in [3.63, 3.8) is 0 Å². The van der Waals surface area contributed by atoms with E-state index in [-0.39, 0.29) is 31.1 Å². The van der Waals surface area contributed by atoms with Crippen LogP contribution in [-0.2, 0) is 28.6 Å². The highest BCUT2D eigenvalue weighted by Crippen LogP contribution is 2.15. The second-order valence-corrected chi connectivity index (χ2v) is 20.5. The molecule has 6 nitrogen and oxygen atoms in total. The Morgan fingerprint density at radius 1 is 0.273 bits per heavy atom. The van der Waals surface area contributed by atoms with Crippen LogP contribution in [0.2, 0.25) is 0 Å². The van der Waals surface area contributed by atoms with Gasteiger partial charge in [-0.15, -0.1) is 0 Å². The highest BCUT2D eigenvalue weighted by atomic mass is 16.6. The summed E-state index contributed by atoms with van der Waals surface area (Å²) in [6.07, 6.45) is 90.2. The number of ether oxygens (including phenoxy) is 3. The molecule has 0 aliphatic heterocycles. The Balaban J connectivity index is 4.47. The molecule has 0 saturated carbocycles. The van der Waals surface area contributed by atoms with Crippen LogP contribution < -0.4 is 0 Å². The van der Waals surface area contributed by atoms with Gasteiger partial charge in [-0.05, 0) is 135 Å². The lowest BCUT2D eigenvalue weighted by atomic mass is 10.1. The fourth-order valence-electron chi connectivity index (χ4n) is 8.43. The Bertz CT molecular complexity index is 1650. The minimum Gasteiger partial charge on any atom is -0.462 e. The molecule has 0 N–H and O–H groups in total. The zero-order chi connectivity index (χ0) is 55.7. The Morgan fingerprint density at radius 3 is 0.818 bits per heavy atom. The summed E-state index contributed by atoms with van der Waals surface area (Å²) < 4.78 is 16.9. The van der Waals surface area contributed by atoms with Gasteiger partial charge in [-0.2, -0.15) is 0 Å². The molecule has 0 aliphatic carbocycles. The van der Waals surface area contributed by atoms with E-state index in [1.807, 2.05) is 0 Å². The molecule has 0 rings (SSSR count). The van der Waals surface area contributed by atoms with Gasteiger partial charge < -0.3 is 14.2 Å². The van der Waals surface area contributed by atoms with Gasteiger partial charge in [-0.25, -0.2) is 0 Å². The third-order valence-electron chi connectivity index (χ3n) is 13.1. The van der Waals surface area contributed by atoms with Crippen LogP contribution in [0.4, 0.5) is 0 Å². The Hall–Kier alpha value is -4.45. The number of rotatable bonds is 56. The summed E-state index contributed by atoms with van der Waals surface area (Å²) in [7, 11) is 0. The molecule has 0 radical (unpaired) electrons. The smallest absolute Gasteiger partial charge is 0.306 e. The Labute approximate surface area is 475 Å². The van der Waals surface area contributed by atoms with Crippen molar-refractivity contribution >= 4 is 17.9 Å². The molecule has 1 atom stereocenters. The summed E-state index contributed by atoms with van der Waals surface area (Å²) in [5, 5.41) is 0.